The standard InChI is InChI=1S/C32H29FN6O3S/c1-3-5-30(40)36-24-13-21(16-34-18-24)22-14-27-31(38-39-32(27)35-17-22)29-15-26-25(6-4-7-28(26)37-29)20-10-19(11-23(33)12-20)8-9-43(2,41)42/h4,6-7,10-18,37H,3,5,8-9H2,1-2H3,(H,36,40)(H,35,38,39). The fraction of sp³-hybridized carbons (Fsp3) is 0.188. The quantitative estimate of drug-likeness (QED) is 0.179. The summed E-state index contributed by atoms with van der Waals surface area (Å²) in [6, 6.07) is 16.2. The highest BCUT2D eigenvalue weighted by molar-refractivity contribution is 7.90. The van der Waals surface area contributed by atoms with Crippen molar-refractivity contribution in [3.05, 3.63) is 84.6 Å². The number of hydrogen-bond donors (Lipinski definition) is 3. The zero-order valence-electron chi connectivity index (χ0n) is 23.6. The molecule has 6 rings (SSSR count). The van der Waals surface area contributed by atoms with Gasteiger partial charge < -0.3 is 10.3 Å². The van der Waals surface area contributed by atoms with E-state index in [0.717, 1.165) is 50.8 Å². The molecule has 0 aliphatic carbocycles. The van der Waals surface area contributed by atoms with Crippen molar-refractivity contribution in [3.8, 4) is 33.6 Å². The van der Waals surface area contributed by atoms with Crippen LogP contribution in [0.3, 0.4) is 0 Å². The van der Waals surface area contributed by atoms with Gasteiger partial charge in [0.25, 0.3) is 0 Å². The summed E-state index contributed by atoms with van der Waals surface area (Å²) in [7, 11) is -3.18. The summed E-state index contributed by atoms with van der Waals surface area (Å²) in [5.74, 6) is -0.533. The number of H-pyrrole nitrogens is 2. The number of hydrogen-bond acceptors (Lipinski definition) is 6. The molecule has 0 atom stereocenters. The van der Waals surface area contributed by atoms with Gasteiger partial charge in [0.2, 0.25) is 5.91 Å². The molecule has 0 fully saturated rings. The van der Waals surface area contributed by atoms with E-state index in [1.807, 2.05) is 49.4 Å². The lowest BCUT2D eigenvalue weighted by atomic mass is 9.98. The summed E-state index contributed by atoms with van der Waals surface area (Å²) >= 11 is 0. The number of aryl methyl sites for hydroxylation is 1. The molecule has 43 heavy (non-hydrogen) atoms. The molecule has 3 N–H and O–H groups in total. The molecule has 11 heteroatoms. The van der Waals surface area contributed by atoms with E-state index in [1.165, 1.54) is 18.4 Å². The van der Waals surface area contributed by atoms with Gasteiger partial charge in [0.05, 0.1) is 29.0 Å². The van der Waals surface area contributed by atoms with Gasteiger partial charge >= 0.3 is 0 Å². The van der Waals surface area contributed by atoms with Crippen LogP contribution in [0, 0.1) is 5.82 Å². The Bertz CT molecular complexity index is 2100. The van der Waals surface area contributed by atoms with Gasteiger partial charge in [-0.3, -0.25) is 14.9 Å². The lowest BCUT2D eigenvalue weighted by Gasteiger charge is -2.08. The first-order valence-electron chi connectivity index (χ1n) is 13.9. The summed E-state index contributed by atoms with van der Waals surface area (Å²) in [4.78, 5) is 24.4. The van der Waals surface area contributed by atoms with Crippen LogP contribution in [0.2, 0.25) is 0 Å². The molecule has 0 aliphatic rings. The minimum atomic E-state index is -3.18. The molecule has 9 nitrogen and oxygen atoms in total. The number of halogens is 1. The van der Waals surface area contributed by atoms with Crippen molar-refractivity contribution in [1.82, 2.24) is 25.1 Å². The summed E-state index contributed by atoms with van der Waals surface area (Å²) in [5, 5.41) is 12.0. The topological polar surface area (TPSA) is 133 Å². The fourth-order valence-corrected chi connectivity index (χ4v) is 5.78. The zero-order chi connectivity index (χ0) is 30.1. The van der Waals surface area contributed by atoms with Gasteiger partial charge in [-0.15, -0.1) is 0 Å². The summed E-state index contributed by atoms with van der Waals surface area (Å²) in [6.45, 7) is 1.95. The van der Waals surface area contributed by atoms with E-state index in [-0.39, 0.29) is 18.1 Å². The van der Waals surface area contributed by atoms with Gasteiger partial charge in [0.15, 0.2) is 5.65 Å². The van der Waals surface area contributed by atoms with Gasteiger partial charge in [0.1, 0.15) is 15.7 Å². The van der Waals surface area contributed by atoms with Gasteiger partial charge in [-0.25, -0.2) is 17.8 Å². The van der Waals surface area contributed by atoms with Crippen molar-refractivity contribution in [2.75, 3.05) is 17.3 Å². The van der Waals surface area contributed by atoms with Crippen LogP contribution in [0.15, 0.2) is 73.2 Å². The van der Waals surface area contributed by atoms with E-state index in [0.29, 0.717) is 28.9 Å². The van der Waals surface area contributed by atoms with Crippen molar-refractivity contribution < 1.29 is 17.6 Å². The Morgan fingerprint density at radius 2 is 1.81 bits per heavy atom. The number of sulfone groups is 1. The molecule has 218 valence electrons. The molecule has 0 bridgehead atoms. The van der Waals surface area contributed by atoms with E-state index < -0.39 is 15.7 Å². The third-order valence-electron chi connectivity index (χ3n) is 7.21. The van der Waals surface area contributed by atoms with E-state index >= 15 is 0 Å². The number of carbonyl (C=O) groups is 1. The first kappa shape index (κ1) is 28.2. The van der Waals surface area contributed by atoms with Crippen LogP contribution < -0.4 is 5.32 Å². The van der Waals surface area contributed by atoms with E-state index in [2.05, 4.69) is 30.5 Å². The number of amides is 1. The maximum Gasteiger partial charge on any atom is 0.224 e. The van der Waals surface area contributed by atoms with Crippen LogP contribution in [0.5, 0.6) is 0 Å². The Kier molecular flexibility index (Phi) is 7.49. The highest BCUT2D eigenvalue weighted by Crippen LogP contribution is 2.35. The summed E-state index contributed by atoms with van der Waals surface area (Å²) in [5.41, 5.74) is 7.22. The number of pyridine rings is 2. The molecule has 0 unspecified atom stereocenters. The number of anilines is 1. The van der Waals surface area contributed by atoms with Gasteiger partial charge in [-0.05, 0) is 65.9 Å². The third-order valence-corrected chi connectivity index (χ3v) is 8.15. The third kappa shape index (κ3) is 6.17. The second-order valence-corrected chi connectivity index (χ2v) is 12.9. The molecule has 4 aromatic heterocycles. The second kappa shape index (κ2) is 11.4. The average Bonchev–Trinajstić information content (AvgIpc) is 3.59. The monoisotopic (exact) mass is 596 g/mol. The number of benzene rings is 2. The first-order valence-corrected chi connectivity index (χ1v) is 15.9. The largest absolute Gasteiger partial charge is 0.353 e. The van der Waals surface area contributed by atoms with Crippen molar-refractivity contribution in [2.45, 2.75) is 26.2 Å². The predicted molar refractivity (Wildman–Crippen MR) is 167 cm³/mol. The second-order valence-electron chi connectivity index (χ2n) is 10.6. The highest BCUT2D eigenvalue weighted by Gasteiger charge is 2.16. The minimum Gasteiger partial charge on any atom is -0.353 e. The van der Waals surface area contributed by atoms with Crippen molar-refractivity contribution in [2.24, 2.45) is 0 Å². The number of rotatable bonds is 9. The molecule has 1 amide bonds. The highest BCUT2D eigenvalue weighted by atomic mass is 32.2. The number of nitrogens with zero attached hydrogens (tertiary/aromatic N) is 3. The van der Waals surface area contributed by atoms with Crippen LogP contribution >= 0.6 is 0 Å². The average molecular weight is 597 g/mol. The maximum absolute atomic E-state index is 14.6. The van der Waals surface area contributed by atoms with Crippen LogP contribution in [-0.4, -0.2) is 51.5 Å². The maximum atomic E-state index is 14.6. The Morgan fingerprint density at radius 1 is 0.977 bits per heavy atom. The normalized spacial score (nSPS) is 11.8. The molecule has 4 heterocycles. The molecular weight excluding hydrogens is 567 g/mol. The van der Waals surface area contributed by atoms with Crippen LogP contribution in [0.1, 0.15) is 25.3 Å². The van der Waals surface area contributed by atoms with Crippen molar-refractivity contribution in [1.29, 1.82) is 0 Å². The number of fused-ring (bicyclic) bond motifs is 2. The van der Waals surface area contributed by atoms with E-state index in [4.69, 9.17) is 0 Å². The van der Waals surface area contributed by atoms with E-state index in [1.54, 1.807) is 18.6 Å². The molecule has 2 aromatic carbocycles. The minimum absolute atomic E-state index is 0.0504. The molecule has 0 aliphatic heterocycles. The molecular formula is C32H29FN6O3S. The molecule has 0 radical (unpaired) electrons. The molecule has 0 saturated carbocycles. The Morgan fingerprint density at radius 3 is 2.63 bits per heavy atom. The van der Waals surface area contributed by atoms with Crippen LogP contribution in [-0.2, 0) is 21.1 Å². The van der Waals surface area contributed by atoms with Gasteiger partial charge in [-0.2, -0.15) is 5.10 Å². The molecule has 6 aromatic rings. The van der Waals surface area contributed by atoms with Gasteiger partial charge in [0, 0.05) is 52.5 Å². The van der Waals surface area contributed by atoms with E-state index in [9.17, 15) is 17.6 Å². The molecule has 0 spiro atoms. The Labute approximate surface area is 247 Å². The zero-order valence-corrected chi connectivity index (χ0v) is 24.4. The van der Waals surface area contributed by atoms with Crippen molar-refractivity contribution in [3.63, 3.8) is 0 Å². The Hall–Kier alpha value is -4.90. The number of aromatic nitrogens is 5. The SMILES string of the molecule is CCCC(=O)Nc1cncc(-c2cnc3n[nH]c(-c4cc5c(-c6cc(F)cc(CCS(C)(=O)=O)c6)cccc5[nH]4)c3c2)c1. The molecule has 0 saturated heterocycles. The lowest BCUT2D eigenvalue weighted by Crippen LogP contribution is -2.10. The summed E-state index contributed by atoms with van der Waals surface area (Å²) < 4.78 is 38.0. The van der Waals surface area contributed by atoms with Crippen LogP contribution in [0.4, 0.5) is 10.1 Å². The first-order chi connectivity index (χ1) is 20.7. The predicted octanol–water partition coefficient (Wildman–Crippen LogP) is 6.30. The lowest BCUT2D eigenvalue weighted by molar-refractivity contribution is -0.116. The summed E-state index contributed by atoms with van der Waals surface area (Å²) in [6.07, 6.45) is 7.65. The van der Waals surface area contributed by atoms with Gasteiger partial charge in [-0.1, -0.05) is 25.1 Å². The van der Waals surface area contributed by atoms with Crippen LogP contribution in [0.25, 0.3) is 55.6 Å². The Balaban J connectivity index is 1.37. The number of carbonyl (C=O) groups excluding carboxylic acids is 1. The number of nitrogens with one attached hydrogen (secondary N) is 3. The van der Waals surface area contributed by atoms with Crippen molar-refractivity contribution >= 4 is 43.4 Å². The number of aromatic amines is 2. The smallest absolute Gasteiger partial charge is 0.224 e. The fourth-order valence-electron chi connectivity index (χ4n) is 5.17.